The Hall–Kier alpha value is -1.26. The number of benzene rings is 1. The van der Waals surface area contributed by atoms with Crippen LogP contribution in [-0.4, -0.2) is 36.2 Å². The molecule has 1 aliphatic rings. The average molecular weight is 236 g/mol. The van der Waals surface area contributed by atoms with Gasteiger partial charge in [-0.3, -0.25) is 4.90 Å². The quantitative estimate of drug-likeness (QED) is 0.831. The molecule has 1 aliphatic heterocycles. The largest absolute Gasteiger partial charge is 0.507 e. The summed E-state index contributed by atoms with van der Waals surface area (Å²) in [5.41, 5.74) is 6.81. The second-order valence-corrected chi connectivity index (χ2v) is 4.61. The monoisotopic (exact) mass is 236 g/mol. The van der Waals surface area contributed by atoms with Gasteiger partial charge in [0.25, 0.3) is 0 Å². The van der Waals surface area contributed by atoms with Crippen molar-refractivity contribution in [1.29, 1.82) is 0 Å². The third-order valence-corrected chi connectivity index (χ3v) is 3.32. The summed E-state index contributed by atoms with van der Waals surface area (Å²) in [4.78, 5) is 2.32. The van der Waals surface area contributed by atoms with Crippen LogP contribution in [0.1, 0.15) is 18.4 Å². The van der Waals surface area contributed by atoms with E-state index in [-0.39, 0.29) is 0 Å². The van der Waals surface area contributed by atoms with Crippen LogP contribution in [0.4, 0.5) is 0 Å². The molecule has 1 fully saturated rings. The van der Waals surface area contributed by atoms with Crippen molar-refractivity contribution in [1.82, 2.24) is 4.90 Å². The van der Waals surface area contributed by atoms with Gasteiger partial charge in [-0.05, 0) is 32.0 Å². The van der Waals surface area contributed by atoms with Crippen LogP contribution in [-0.2, 0) is 6.54 Å². The predicted octanol–water partition coefficient (Wildman–Crippen LogP) is 1.32. The van der Waals surface area contributed by atoms with Gasteiger partial charge >= 0.3 is 0 Å². The van der Waals surface area contributed by atoms with Gasteiger partial charge in [0.2, 0.25) is 0 Å². The molecule has 1 heterocycles. The summed E-state index contributed by atoms with van der Waals surface area (Å²) in [6, 6.07) is 5.80. The van der Waals surface area contributed by atoms with Crippen molar-refractivity contribution in [3.05, 3.63) is 23.8 Å². The van der Waals surface area contributed by atoms with Crippen molar-refractivity contribution >= 4 is 0 Å². The summed E-state index contributed by atoms with van der Waals surface area (Å²) >= 11 is 0. The van der Waals surface area contributed by atoms with Crippen LogP contribution in [0.2, 0.25) is 0 Å². The summed E-state index contributed by atoms with van der Waals surface area (Å²) in [6.07, 6.45) is 2.08. The van der Waals surface area contributed by atoms with E-state index < -0.39 is 0 Å². The lowest BCUT2D eigenvalue weighted by molar-refractivity contribution is 0.203. The van der Waals surface area contributed by atoms with Crippen LogP contribution in [0.25, 0.3) is 0 Å². The molecule has 0 spiro atoms. The van der Waals surface area contributed by atoms with Crippen molar-refractivity contribution in [3.8, 4) is 11.5 Å². The maximum Gasteiger partial charge on any atom is 0.123 e. The molecule has 1 saturated heterocycles. The molecule has 3 N–H and O–H groups in total. The molecule has 0 saturated carbocycles. The summed E-state index contributed by atoms with van der Waals surface area (Å²) in [5, 5.41) is 9.87. The molecule has 0 aromatic heterocycles. The van der Waals surface area contributed by atoms with Crippen LogP contribution in [0, 0.1) is 0 Å². The molecule has 94 valence electrons. The van der Waals surface area contributed by atoms with E-state index in [1.165, 1.54) is 0 Å². The maximum atomic E-state index is 9.87. The topological polar surface area (TPSA) is 58.7 Å². The number of piperidine rings is 1. The van der Waals surface area contributed by atoms with E-state index in [4.69, 9.17) is 10.5 Å². The molecule has 4 heteroatoms. The number of methoxy groups -OCH3 is 1. The molecule has 2 rings (SSSR count). The molecular formula is C13H20N2O2. The van der Waals surface area contributed by atoms with Gasteiger partial charge in [0.15, 0.2) is 0 Å². The first kappa shape index (κ1) is 12.2. The molecule has 1 aromatic carbocycles. The van der Waals surface area contributed by atoms with E-state index in [9.17, 15) is 5.11 Å². The summed E-state index contributed by atoms with van der Waals surface area (Å²) in [5.74, 6) is 0.992. The molecule has 4 nitrogen and oxygen atoms in total. The van der Waals surface area contributed by atoms with Crippen LogP contribution in [0.3, 0.4) is 0 Å². The molecule has 0 unspecified atom stereocenters. The Morgan fingerprint density at radius 2 is 2.12 bits per heavy atom. The first-order chi connectivity index (χ1) is 8.19. The van der Waals surface area contributed by atoms with E-state index in [0.29, 0.717) is 17.5 Å². The second kappa shape index (κ2) is 5.38. The maximum absolute atomic E-state index is 9.87. The van der Waals surface area contributed by atoms with Gasteiger partial charge in [-0.2, -0.15) is 0 Å². The molecule has 0 radical (unpaired) electrons. The lowest BCUT2D eigenvalue weighted by atomic mass is 10.1. The number of likely N-dealkylation sites (tertiary alicyclic amines) is 1. The smallest absolute Gasteiger partial charge is 0.123 e. The zero-order valence-electron chi connectivity index (χ0n) is 10.2. The van der Waals surface area contributed by atoms with Crippen LogP contribution >= 0.6 is 0 Å². The third kappa shape index (κ3) is 3.11. The van der Waals surface area contributed by atoms with Crippen molar-refractivity contribution in [2.45, 2.75) is 25.4 Å². The number of nitrogens with two attached hydrogens (primary N) is 1. The highest BCUT2D eigenvalue weighted by Gasteiger charge is 2.17. The molecule has 0 aliphatic carbocycles. The highest BCUT2D eigenvalue weighted by atomic mass is 16.5. The summed E-state index contributed by atoms with van der Waals surface area (Å²) in [7, 11) is 1.60. The Bertz CT molecular complexity index is 374. The average Bonchev–Trinajstić information content (AvgIpc) is 2.34. The van der Waals surface area contributed by atoms with Gasteiger partial charge in [-0.25, -0.2) is 0 Å². The fourth-order valence-electron chi connectivity index (χ4n) is 2.16. The zero-order valence-corrected chi connectivity index (χ0v) is 10.2. The highest BCUT2D eigenvalue weighted by molar-refractivity contribution is 5.39. The standard InChI is InChI=1S/C13H20N2O2/c1-17-12-3-2-10(13(16)8-12)9-15-6-4-11(14)5-7-15/h2-3,8,11,16H,4-7,9,14H2,1H3. The van der Waals surface area contributed by atoms with Gasteiger partial charge in [-0.15, -0.1) is 0 Å². The number of rotatable bonds is 3. The van der Waals surface area contributed by atoms with Gasteiger partial charge in [0, 0.05) is 24.2 Å². The van der Waals surface area contributed by atoms with Crippen molar-refractivity contribution < 1.29 is 9.84 Å². The number of hydrogen-bond donors (Lipinski definition) is 2. The van der Waals surface area contributed by atoms with E-state index in [1.54, 1.807) is 13.2 Å². The van der Waals surface area contributed by atoms with E-state index in [2.05, 4.69) is 4.90 Å². The molecule has 0 bridgehead atoms. The molecule has 17 heavy (non-hydrogen) atoms. The van der Waals surface area contributed by atoms with E-state index in [0.717, 1.165) is 38.0 Å². The number of phenols is 1. The summed E-state index contributed by atoms with van der Waals surface area (Å²) in [6.45, 7) is 2.79. The highest BCUT2D eigenvalue weighted by Crippen LogP contribution is 2.25. The Balaban J connectivity index is 1.99. The number of phenolic OH excluding ortho intramolecular Hbond substituents is 1. The second-order valence-electron chi connectivity index (χ2n) is 4.61. The number of ether oxygens (including phenoxy) is 1. The minimum absolute atomic E-state index is 0.305. The lowest BCUT2D eigenvalue weighted by Gasteiger charge is -2.30. The number of aromatic hydroxyl groups is 1. The minimum Gasteiger partial charge on any atom is -0.507 e. The molecule has 0 amide bonds. The molecule has 1 aromatic rings. The Morgan fingerprint density at radius 3 is 2.71 bits per heavy atom. The van der Waals surface area contributed by atoms with Gasteiger partial charge in [0.1, 0.15) is 11.5 Å². The van der Waals surface area contributed by atoms with Crippen LogP contribution in [0.5, 0.6) is 11.5 Å². The summed E-state index contributed by atoms with van der Waals surface area (Å²) < 4.78 is 5.06. The van der Waals surface area contributed by atoms with Crippen LogP contribution < -0.4 is 10.5 Å². The van der Waals surface area contributed by atoms with E-state index >= 15 is 0 Å². The minimum atomic E-state index is 0.305. The van der Waals surface area contributed by atoms with Crippen LogP contribution in [0.15, 0.2) is 18.2 Å². The molecule has 0 atom stereocenters. The lowest BCUT2D eigenvalue weighted by Crippen LogP contribution is -2.39. The molecular weight excluding hydrogens is 216 g/mol. The SMILES string of the molecule is COc1ccc(CN2CCC(N)CC2)c(O)c1. The predicted molar refractivity (Wildman–Crippen MR) is 67.1 cm³/mol. The first-order valence-corrected chi connectivity index (χ1v) is 6.03. The Labute approximate surface area is 102 Å². The van der Waals surface area contributed by atoms with Gasteiger partial charge in [0.05, 0.1) is 7.11 Å². The van der Waals surface area contributed by atoms with Crippen molar-refractivity contribution in [2.75, 3.05) is 20.2 Å². The fraction of sp³-hybridized carbons (Fsp3) is 0.538. The van der Waals surface area contributed by atoms with Gasteiger partial charge < -0.3 is 15.6 Å². The zero-order chi connectivity index (χ0) is 12.3. The van der Waals surface area contributed by atoms with Crippen molar-refractivity contribution in [3.63, 3.8) is 0 Å². The first-order valence-electron chi connectivity index (χ1n) is 6.03. The third-order valence-electron chi connectivity index (χ3n) is 3.32. The van der Waals surface area contributed by atoms with E-state index in [1.807, 2.05) is 12.1 Å². The van der Waals surface area contributed by atoms with Gasteiger partial charge in [-0.1, -0.05) is 6.07 Å². The fourth-order valence-corrected chi connectivity index (χ4v) is 2.16. The number of nitrogens with zero attached hydrogens (tertiary/aromatic N) is 1. The normalized spacial score (nSPS) is 18.2. The Morgan fingerprint density at radius 1 is 1.41 bits per heavy atom. The number of hydrogen-bond acceptors (Lipinski definition) is 4. The van der Waals surface area contributed by atoms with Crippen molar-refractivity contribution in [2.24, 2.45) is 5.73 Å². The Kier molecular flexibility index (Phi) is 3.86.